The van der Waals surface area contributed by atoms with E-state index in [9.17, 15) is 4.79 Å². The van der Waals surface area contributed by atoms with E-state index in [-0.39, 0.29) is 16.9 Å². The minimum absolute atomic E-state index is 0.00591. The Morgan fingerprint density at radius 2 is 1.73 bits per heavy atom. The maximum atomic E-state index is 12.9. The summed E-state index contributed by atoms with van der Waals surface area (Å²) in [5.41, 5.74) is 1.48. The van der Waals surface area contributed by atoms with E-state index in [0.717, 1.165) is 38.3 Å². The molecule has 0 aliphatic carbocycles. The molecule has 2 saturated heterocycles. The van der Waals surface area contributed by atoms with E-state index in [1.54, 1.807) is 0 Å². The number of benzene rings is 1. The zero-order valence-electron chi connectivity index (χ0n) is 22.1. The Morgan fingerprint density at radius 1 is 1.06 bits per heavy atom. The molecule has 2 fully saturated rings. The van der Waals surface area contributed by atoms with Gasteiger partial charge in [-0.05, 0) is 84.9 Å². The molecule has 0 aromatic heterocycles. The molecule has 5 nitrogen and oxygen atoms in total. The van der Waals surface area contributed by atoms with Gasteiger partial charge in [0.2, 0.25) is 5.91 Å². The van der Waals surface area contributed by atoms with Crippen molar-refractivity contribution in [3.63, 3.8) is 0 Å². The summed E-state index contributed by atoms with van der Waals surface area (Å²) >= 11 is 0. The number of hydrogen-bond donors (Lipinski definition) is 2. The van der Waals surface area contributed by atoms with Crippen LogP contribution in [0.5, 0.6) is 0 Å². The monoisotopic (exact) mass is 454 g/mol. The van der Waals surface area contributed by atoms with Gasteiger partial charge in [0, 0.05) is 25.3 Å². The van der Waals surface area contributed by atoms with E-state index >= 15 is 0 Å². The quantitative estimate of drug-likeness (QED) is 0.618. The smallest absolute Gasteiger partial charge is 0.240 e. The molecule has 0 saturated carbocycles. The lowest BCUT2D eigenvalue weighted by Crippen LogP contribution is -2.62. The van der Waals surface area contributed by atoms with Crippen LogP contribution in [0.3, 0.4) is 0 Å². The van der Waals surface area contributed by atoms with Crippen LogP contribution in [-0.2, 0) is 11.2 Å². The number of carbonyl (C=O) groups excluding carboxylic acids is 1. The van der Waals surface area contributed by atoms with Crippen LogP contribution in [-0.4, -0.2) is 65.6 Å². The van der Waals surface area contributed by atoms with E-state index in [4.69, 9.17) is 0 Å². The molecule has 2 aliphatic heterocycles. The van der Waals surface area contributed by atoms with Gasteiger partial charge in [-0.1, -0.05) is 43.8 Å². The Hall–Kier alpha value is -1.85. The van der Waals surface area contributed by atoms with Gasteiger partial charge in [0.25, 0.3) is 0 Å². The van der Waals surface area contributed by atoms with Crippen molar-refractivity contribution >= 4 is 5.91 Å². The van der Waals surface area contributed by atoms with Crippen LogP contribution in [0.4, 0.5) is 0 Å². The highest BCUT2D eigenvalue weighted by molar-refractivity contribution is 5.86. The molecule has 2 aliphatic rings. The largest absolute Gasteiger partial charge is 0.366 e. The molecule has 2 heterocycles. The number of rotatable bonds is 8. The summed E-state index contributed by atoms with van der Waals surface area (Å²) in [6.07, 6.45) is 4.71. The van der Waals surface area contributed by atoms with Crippen LogP contribution in [0.1, 0.15) is 66.4 Å². The van der Waals surface area contributed by atoms with Gasteiger partial charge in [-0.2, -0.15) is 0 Å². The van der Waals surface area contributed by atoms with E-state index in [1.807, 2.05) is 20.9 Å². The second kappa shape index (κ2) is 9.42. The Kier molecular flexibility index (Phi) is 7.36. The van der Waals surface area contributed by atoms with Crippen LogP contribution in [0.2, 0.25) is 0 Å². The van der Waals surface area contributed by atoms with Crippen LogP contribution >= 0.6 is 0 Å². The zero-order chi connectivity index (χ0) is 24.5. The van der Waals surface area contributed by atoms with Crippen molar-refractivity contribution in [2.75, 3.05) is 33.2 Å². The molecule has 3 rings (SSSR count). The molecule has 184 valence electrons. The standard InChI is InChI=1S/C28H46N4O/c1-22(25(2,3)30-24(33)26(4,5)29-8)32-20-17-27(6)16-12-18-31(21-28(27,32)7)19-15-23-13-10-9-11-14-23/h9-11,13-14,29H,1,12,15-21H2,2-8H3,(H,30,33)/t27-,28-/m1/s1. The van der Waals surface area contributed by atoms with Gasteiger partial charge in [0.1, 0.15) is 0 Å². The van der Waals surface area contributed by atoms with Gasteiger partial charge in [0.05, 0.1) is 16.6 Å². The Labute approximate surface area is 202 Å². The molecule has 5 heteroatoms. The average molecular weight is 455 g/mol. The van der Waals surface area contributed by atoms with Crippen LogP contribution < -0.4 is 10.6 Å². The van der Waals surface area contributed by atoms with Crippen LogP contribution in [0.25, 0.3) is 0 Å². The lowest BCUT2D eigenvalue weighted by atomic mass is 9.69. The Morgan fingerprint density at radius 3 is 2.36 bits per heavy atom. The highest BCUT2D eigenvalue weighted by Crippen LogP contribution is 2.52. The first-order valence-electron chi connectivity index (χ1n) is 12.6. The second-order valence-electron chi connectivity index (χ2n) is 11.8. The third-order valence-electron chi connectivity index (χ3n) is 8.74. The maximum absolute atomic E-state index is 12.9. The van der Waals surface area contributed by atoms with Crippen LogP contribution in [0.15, 0.2) is 42.6 Å². The fraction of sp³-hybridized carbons (Fsp3) is 0.679. The van der Waals surface area contributed by atoms with Gasteiger partial charge in [0.15, 0.2) is 0 Å². The number of likely N-dealkylation sites (tertiary alicyclic amines) is 2. The Balaban J connectivity index is 1.78. The third-order valence-corrected chi connectivity index (χ3v) is 8.74. The molecule has 0 radical (unpaired) electrons. The molecule has 1 aromatic rings. The predicted octanol–water partition coefficient (Wildman–Crippen LogP) is 4.20. The first-order chi connectivity index (χ1) is 15.3. The van der Waals surface area contributed by atoms with Crippen molar-refractivity contribution in [3.8, 4) is 0 Å². The van der Waals surface area contributed by atoms with Crippen molar-refractivity contribution in [1.82, 2.24) is 20.4 Å². The molecule has 2 N–H and O–H groups in total. The topological polar surface area (TPSA) is 47.6 Å². The van der Waals surface area contributed by atoms with Crippen molar-refractivity contribution in [2.24, 2.45) is 5.41 Å². The first-order valence-corrected chi connectivity index (χ1v) is 12.6. The predicted molar refractivity (Wildman–Crippen MR) is 138 cm³/mol. The van der Waals surface area contributed by atoms with E-state index < -0.39 is 11.1 Å². The normalized spacial score (nSPS) is 26.6. The number of carbonyl (C=O) groups is 1. The van der Waals surface area contributed by atoms with E-state index in [2.05, 4.69) is 85.0 Å². The van der Waals surface area contributed by atoms with Gasteiger partial charge >= 0.3 is 0 Å². The molecule has 1 amide bonds. The number of hydrogen-bond acceptors (Lipinski definition) is 4. The van der Waals surface area contributed by atoms with Gasteiger partial charge in [-0.3, -0.25) is 4.79 Å². The van der Waals surface area contributed by atoms with Gasteiger partial charge in [-0.25, -0.2) is 0 Å². The van der Waals surface area contributed by atoms with Crippen molar-refractivity contribution in [1.29, 1.82) is 0 Å². The summed E-state index contributed by atoms with van der Waals surface area (Å²) in [6, 6.07) is 10.8. The molecule has 0 unspecified atom stereocenters. The van der Waals surface area contributed by atoms with E-state index in [1.165, 1.54) is 24.8 Å². The minimum atomic E-state index is -0.627. The number of likely N-dealkylation sites (N-methyl/N-ethyl adjacent to an activating group) is 1. The van der Waals surface area contributed by atoms with Crippen LogP contribution in [0, 0.1) is 5.41 Å². The van der Waals surface area contributed by atoms with Gasteiger partial charge < -0.3 is 20.4 Å². The van der Waals surface area contributed by atoms with Crippen molar-refractivity contribution in [2.45, 2.75) is 83.8 Å². The Bertz CT molecular complexity index is 849. The van der Waals surface area contributed by atoms with Crippen molar-refractivity contribution < 1.29 is 4.79 Å². The fourth-order valence-electron chi connectivity index (χ4n) is 5.60. The molecule has 2 atom stereocenters. The number of nitrogens with one attached hydrogen (secondary N) is 2. The number of nitrogens with zero attached hydrogens (tertiary/aromatic N) is 2. The van der Waals surface area contributed by atoms with E-state index in [0.29, 0.717) is 0 Å². The lowest BCUT2D eigenvalue weighted by molar-refractivity contribution is -0.127. The summed E-state index contributed by atoms with van der Waals surface area (Å²) in [6.45, 7) is 21.7. The highest BCUT2D eigenvalue weighted by Gasteiger charge is 2.56. The van der Waals surface area contributed by atoms with Gasteiger partial charge in [-0.15, -0.1) is 0 Å². The fourth-order valence-corrected chi connectivity index (χ4v) is 5.60. The summed E-state index contributed by atoms with van der Waals surface area (Å²) in [5, 5.41) is 6.38. The highest BCUT2D eigenvalue weighted by atomic mass is 16.2. The van der Waals surface area contributed by atoms with Crippen molar-refractivity contribution in [3.05, 3.63) is 48.2 Å². The third kappa shape index (κ3) is 5.14. The summed E-state index contributed by atoms with van der Waals surface area (Å²) in [7, 11) is 1.82. The first kappa shape index (κ1) is 25.8. The second-order valence-corrected chi connectivity index (χ2v) is 11.8. The molecular formula is C28H46N4O. The number of fused-ring (bicyclic) bond motifs is 1. The lowest BCUT2D eigenvalue weighted by Gasteiger charge is -2.50. The summed E-state index contributed by atoms with van der Waals surface area (Å²) in [5.74, 6) is -0.00591. The summed E-state index contributed by atoms with van der Waals surface area (Å²) < 4.78 is 0. The summed E-state index contributed by atoms with van der Waals surface area (Å²) in [4.78, 5) is 18.1. The SMILES string of the molecule is C=C(N1CC[C@@]2(C)CCCN(CCc3ccccc3)C[C@@]12C)C(C)(C)NC(=O)C(C)(C)NC. The molecule has 0 bridgehead atoms. The average Bonchev–Trinajstić information content (AvgIpc) is 2.93. The minimum Gasteiger partial charge on any atom is -0.366 e. The molecular weight excluding hydrogens is 408 g/mol. The maximum Gasteiger partial charge on any atom is 0.240 e. The molecule has 0 spiro atoms. The molecule has 1 aromatic carbocycles. The zero-order valence-corrected chi connectivity index (χ0v) is 22.1. The number of amides is 1. The molecule has 33 heavy (non-hydrogen) atoms.